The first-order valence-electron chi connectivity index (χ1n) is 11.8. The minimum atomic E-state index is -0.979. The van der Waals surface area contributed by atoms with E-state index in [4.69, 9.17) is 0 Å². The highest BCUT2D eigenvalue weighted by Crippen LogP contribution is 2.19. The molecule has 4 nitrogen and oxygen atoms in total. The Morgan fingerprint density at radius 1 is 0.943 bits per heavy atom. The zero-order chi connectivity index (χ0) is 25.2. The van der Waals surface area contributed by atoms with Gasteiger partial charge in [0.05, 0.1) is 12.1 Å². The molecule has 3 aromatic carbocycles. The van der Waals surface area contributed by atoms with E-state index in [-0.39, 0.29) is 18.9 Å². The van der Waals surface area contributed by atoms with Crippen LogP contribution < -0.4 is 10.6 Å². The van der Waals surface area contributed by atoms with Gasteiger partial charge in [0.1, 0.15) is 11.6 Å². The monoisotopic (exact) mass is 498 g/mol. The summed E-state index contributed by atoms with van der Waals surface area (Å²) in [5.41, 5.74) is 3.15. The number of halogens is 2. The summed E-state index contributed by atoms with van der Waals surface area (Å²) in [6.45, 7) is 4.88. The number of nitrogens with one attached hydrogen (secondary N) is 2. The Kier molecular flexibility index (Phi) is 10.3. The van der Waals surface area contributed by atoms with Gasteiger partial charge in [-0.3, -0.25) is 4.79 Å². The van der Waals surface area contributed by atoms with E-state index in [9.17, 15) is 18.7 Å². The molecular weight excluding hydrogens is 466 g/mol. The number of carbonyl (C=O) groups excluding carboxylic acids is 1. The molecule has 0 aliphatic heterocycles. The Bertz CT molecular complexity index is 1110. The second-order valence-corrected chi connectivity index (χ2v) is 9.73. The van der Waals surface area contributed by atoms with Gasteiger partial charge in [-0.1, -0.05) is 44.2 Å². The molecule has 7 heteroatoms. The number of aryl methyl sites for hydroxylation is 1. The van der Waals surface area contributed by atoms with Crippen molar-refractivity contribution < 1.29 is 18.7 Å². The van der Waals surface area contributed by atoms with Crippen LogP contribution in [0.2, 0.25) is 0 Å². The lowest BCUT2D eigenvalue weighted by atomic mass is 10.00. The van der Waals surface area contributed by atoms with E-state index in [1.165, 1.54) is 17.7 Å². The van der Waals surface area contributed by atoms with Crippen molar-refractivity contribution in [3.63, 3.8) is 0 Å². The van der Waals surface area contributed by atoms with Crippen molar-refractivity contribution in [2.75, 3.05) is 12.3 Å². The van der Waals surface area contributed by atoms with Crippen molar-refractivity contribution in [3.8, 4) is 0 Å². The molecule has 3 aromatic rings. The first-order valence-corrected chi connectivity index (χ1v) is 12.8. The maximum Gasteiger partial charge on any atom is 0.251 e. The fourth-order valence-corrected chi connectivity index (χ4v) is 4.60. The fraction of sp³-hybridized carbons (Fsp3) is 0.321. The number of benzene rings is 3. The molecule has 0 spiro atoms. The van der Waals surface area contributed by atoms with Crippen molar-refractivity contribution in [1.29, 1.82) is 0 Å². The van der Waals surface area contributed by atoms with Gasteiger partial charge in [0.25, 0.3) is 5.91 Å². The van der Waals surface area contributed by atoms with E-state index < -0.39 is 23.8 Å². The molecule has 0 radical (unpaired) electrons. The Labute approximate surface area is 210 Å². The molecule has 0 aliphatic carbocycles. The number of amides is 1. The second-order valence-electron chi connectivity index (χ2n) is 8.39. The van der Waals surface area contributed by atoms with Crippen LogP contribution in [0.5, 0.6) is 0 Å². The molecule has 0 saturated carbocycles. The van der Waals surface area contributed by atoms with Gasteiger partial charge in [-0.15, -0.1) is 11.8 Å². The summed E-state index contributed by atoms with van der Waals surface area (Å²) in [7, 11) is 0. The molecule has 1 amide bonds. The van der Waals surface area contributed by atoms with Crippen LogP contribution in [0.4, 0.5) is 8.78 Å². The summed E-state index contributed by atoms with van der Waals surface area (Å²) in [5, 5.41) is 17.1. The first-order chi connectivity index (χ1) is 16.9. The molecule has 0 aromatic heterocycles. The van der Waals surface area contributed by atoms with Crippen molar-refractivity contribution in [2.24, 2.45) is 0 Å². The van der Waals surface area contributed by atoms with Crippen LogP contribution in [0.15, 0.2) is 71.6 Å². The number of hydrogen-bond donors (Lipinski definition) is 3. The van der Waals surface area contributed by atoms with Gasteiger partial charge in [0, 0.05) is 29.6 Å². The summed E-state index contributed by atoms with van der Waals surface area (Å²) >= 11 is 1.63. The number of rotatable bonds is 12. The second kappa shape index (κ2) is 13.4. The number of hydrogen-bond acceptors (Lipinski definition) is 4. The fourth-order valence-electron chi connectivity index (χ4n) is 3.88. The highest BCUT2D eigenvalue weighted by Gasteiger charge is 2.23. The summed E-state index contributed by atoms with van der Waals surface area (Å²) in [6, 6.07) is 17.9. The zero-order valence-corrected chi connectivity index (χ0v) is 20.9. The predicted molar refractivity (Wildman–Crippen MR) is 138 cm³/mol. The molecule has 0 bridgehead atoms. The molecule has 0 aliphatic rings. The van der Waals surface area contributed by atoms with E-state index >= 15 is 0 Å². The number of thioether (sulfide) groups is 1. The van der Waals surface area contributed by atoms with Gasteiger partial charge in [-0.25, -0.2) is 8.78 Å². The molecule has 3 rings (SSSR count). The van der Waals surface area contributed by atoms with Crippen LogP contribution in [0.1, 0.15) is 40.9 Å². The molecule has 35 heavy (non-hydrogen) atoms. The lowest BCUT2D eigenvalue weighted by Gasteiger charge is -2.25. The summed E-state index contributed by atoms with van der Waals surface area (Å²) in [5.74, 6) is -0.861. The van der Waals surface area contributed by atoms with Crippen molar-refractivity contribution in [2.45, 2.75) is 50.3 Å². The molecule has 0 heterocycles. The highest BCUT2D eigenvalue weighted by molar-refractivity contribution is 7.99. The van der Waals surface area contributed by atoms with E-state index in [0.29, 0.717) is 17.7 Å². The maximum atomic E-state index is 13.8. The van der Waals surface area contributed by atoms with Crippen LogP contribution in [-0.4, -0.2) is 35.5 Å². The summed E-state index contributed by atoms with van der Waals surface area (Å²) in [6.07, 6.45) is 0.0397. The summed E-state index contributed by atoms with van der Waals surface area (Å²) in [4.78, 5) is 14.0. The topological polar surface area (TPSA) is 61.4 Å². The third-order valence-electron chi connectivity index (χ3n) is 5.65. The Hall–Kier alpha value is -2.74. The quantitative estimate of drug-likeness (QED) is 0.303. The van der Waals surface area contributed by atoms with E-state index in [0.717, 1.165) is 28.7 Å². The van der Waals surface area contributed by atoms with E-state index in [1.54, 1.807) is 23.9 Å². The van der Waals surface area contributed by atoms with Crippen LogP contribution in [0, 0.1) is 11.6 Å². The number of carbonyl (C=O) groups is 1. The average molecular weight is 499 g/mol. The van der Waals surface area contributed by atoms with Crippen LogP contribution in [0.25, 0.3) is 0 Å². The van der Waals surface area contributed by atoms with Gasteiger partial charge in [0.2, 0.25) is 0 Å². The highest BCUT2D eigenvalue weighted by atomic mass is 32.2. The molecule has 186 valence electrons. The normalized spacial score (nSPS) is 12.8. The molecule has 0 saturated heterocycles. The van der Waals surface area contributed by atoms with Gasteiger partial charge >= 0.3 is 0 Å². The largest absolute Gasteiger partial charge is 0.390 e. The van der Waals surface area contributed by atoms with Crippen molar-refractivity contribution in [3.05, 3.63) is 101 Å². The smallest absolute Gasteiger partial charge is 0.251 e. The Balaban J connectivity index is 1.72. The average Bonchev–Trinajstić information content (AvgIpc) is 2.83. The van der Waals surface area contributed by atoms with Gasteiger partial charge < -0.3 is 15.7 Å². The van der Waals surface area contributed by atoms with E-state index in [1.807, 2.05) is 31.2 Å². The van der Waals surface area contributed by atoms with E-state index in [2.05, 4.69) is 29.7 Å². The third-order valence-corrected chi connectivity index (χ3v) is 6.52. The number of aliphatic hydroxyl groups is 1. The zero-order valence-electron chi connectivity index (χ0n) is 20.1. The minimum Gasteiger partial charge on any atom is -0.390 e. The molecular formula is C28H32F2N2O2S. The van der Waals surface area contributed by atoms with Crippen LogP contribution in [0.3, 0.4) is 0 Å². The lowest BCUT2D eigenvalue weighted by Crippen LogP contribution is -2.48. The predicted octanol–water partition coefficient (Wildman–Crippen LogP) is 5.13. The molecule has 2 atom stereocenters. The van der Waals surface area contributed by atoms with Crippen molar-refractivity contribution in [1.82, 2.24) is 10.6 Å². The van der Waals surface area contributed by atoms with Gasteiger partial charge in [-0.05, 0) is 65.6 Å². The molecule has 0 fully saturated rings. The number of aliphatic hydroxyl groups excluding tert-OH is 1. The first kappa shape index (κ1) is 26.9. The van der Waals surface area contributed by atoms with Crippen LogP contribution in [-0.2, 0) is 19.4 Å². The lowest BCUT2D eigenvalue weighted by molar-refractivity contribution is 0.0829. The van der Waals surface area contributed by atoms with Gasteiger partial charge in [0.15, 0.2) is 0 Å². The van der Waals surface area contributed by atoms with Crippen LogP contribution >= 0.6 is 11.8 Å². The maximum absolute atomic E-state index is 13.8. The minimum absolute atomic E-state index is 0.0813. The SMILES string of the molecule is CCSc1cccc(C(=O)NC(Cc2cc(F)cc(F)c2)C(O)CNCc2cccc(CC)c2)c1. The Morgan fingerprint density at radius 2 is 1.66 bits per heavy atom. The van der Waals surface area contributed by atoms with Gasteiger partial charge in [-0.2, -0.15) is 0 Å². The van der Waals surface area contributed by atoms with Crippen molar-refractivity contribution >= 4 is 17.7 Å². The summed E-state index contributed by atoms with van der Waals surface area (Å²) < 4.78 is 27.5. The standard InChI is InChI=1S/C28H32F2N2O2S/c1-3-19-7-5-8-20(11-19)17-31-18-27(33)26(14-21-12-23(29)16-24(30)13-21)32-28(34)22-9-6-10-25(15-22)35-4-2/h5-13,15-16,26-27,31,33H,3-4,14,17-18H2,1-2H3,(H,32,34). The third kappa shape index (κ3) is 8.46. The molecule has 2 unspecified atom stereocenters. The Morgan fingerprint density at radius 3 is 2.37 bits per heavy atom. The molecule has 3 N–H and O–H groups in total.